The first-order chi connectivity index (χ1) is 7.04. The summed E-state index contributed by atoms with van der Waals surface area (Å²) in [7, 11) is -4.51. The Morgan fingerprint density at radius 1 is 1.27 bits per heavy atom. The van der Waals surface area contributed by atoms with Crippen LogP contribution in [0.15, 0.2) is 36.5 Å². The molecule has 0 fully saturated rings. The molecule has 1 heterocycles. The molecule has 78 valence electrons. The third-order valence-electron chi connectivity index (χ3n) is 2.02. The number of hydrogen-bond donors (Lipinski definition) is 0. The Labute approximate surface area is 86.7 Å². The zero-order valence-electron chi connectivity index (χ0n) is 7.79. The molecular weight excluding hydrogens is 213 g/mol. The van der Waals surface area contributed by atoms with E-state index in [4.69, 9.17) is 0 Å². The Morgan fingerprint density at radius 3 is 2.73 bits per heavy atom. The van der Waals surface area contributed by atoms with Crippen molar-refractivity contribution in [1.82, 2.24) is 4.98 Å². The van der Waals surface area contributed by atoms with Gasteiger partial charge in [-0.05, 0) is 17.7 Å². The molecule has 0 saturated heterocycles. The standard InChI is InChI=1S/C10H10NO3P/c12-15(13,14)7-8-5-9-3-1-2-4-10(9)11-6-8/h1-6H,7H2,(H2,12,13,14)/p-2. The summed E-state index contributed by atoms with van der Waals surface area (Å²) in [5, 5.41) is 0.837. The number of nitrogens with zero attached hydrogens (tertiary/aromatic N) is 1. The molecule has 4 nitrogen and oxygen atoms in total. The van der Waals surface area contributed by atoms with Crippen LogP contribution in [0.1, 0.15) is 5.56 Å². The van der Waals surface area contributed by atoms with E-state index in [-0.39, 0.29) is 0 Å². The SMILES string of the molecule is O=P([O-])([O-])Cc1cnc2ccccc2c1. The summed E-state index contributed by atoms with van der Waals surface area (Å²) < 4.78 is 10.6. The highest BCUT2D eigenvalue weighted by Crippen LogP contribution is 2.29. The number of fused-ring (bicyclic) bond motifs is 1. The van der Waals surface area contributed by atoms with Crippen LogP contribution in [-0.4, -0.2) is 4.98 Å². The third kappa shape index (κ3) is 2.63. The maximum Gasteiger partial charge on any atom is 0.0702 e. The van der Waals surface area contributed by atoms with Gasteiger partial charge in [-0.2, -0.15) is 0 Å². The van der Waals surface area contributed by atoms with Gasteiger partial charge < -0.3 is 14.4 Å². The van der Waals surface area contributed by atoms with Crippen molar-refractivity contribution < 1.29 is 14.4 Å². The van der Waals surface area contributed by atoms with Gasteiger partial charge >= 0.3 is 0 Å². The predicted molar refractivity (Wildman–Crippen MR) is 53.1 cm³/mol. The minimum Gasteiger partial charge on any atom is -0.810 e. The van der Waals surface area contributed by atoms with E-state index < -0.39 is 13.8 Å². The van der Waals surface area contributed by atoms with Crippen molar-refractivity contribution in [3.05, 3.63) is 42.1 Å². The summed E-state index contributed by atoms with van der Waals surface area (Å²) in [5.74, 6) is 0. The van der Waals surface area contributed by atoms with Crippen molar-refractivity contribution in [2.75, 3.05) is 0 Å². The number of aromatic nitrogens is 1. The molecule has 2 rings (SSSR count). The van der Waals surface area contributed by atoms with Gasteiger partial charge in [0.25, 0.3) is 0 Å². The first-order valence-corrected chi connectivity index (χ1v) is 6.12. The Kier molecular flexibility index (Phi) is 2.57. The number of rotatable bonds is 2. The van der Waals surface area contributed by atoms with E-state index in [0.717, 1.165) is 10.9 Å². The van der Waals surface area contributed by atoms with Crippen LogP contribution < -0.4 is 9.79 Å². The molecule has 0 saturated carbocycles. The zero-order valence-corrected chi connectivity index (χ0v) is 8.68. The Bertz CT molecular complexity index is 535. The topological polar surface area (TPSA) is 76.1 Å². The fourth-order valence-electron chi connectivity index (χ4n) is 1.43. The third-order valence-corrected chi connectivity index (χ3v) is 2.78. The molecule has 1 aromatic carbocycles. The molecule has 0 aliphatic rings. The summed E-state index contributed by atoms with van der Waals surface area (Å²) in [4.78, 5) is 25.2. The highest BCUT2D eigenvalue weighted by Gasteiger charge is 1.99. The van der Waals surface area contributed by atoms with E-state index in [9.17, 15) is 14.4 Å². The Morgan fingerprint density at radius 2 is 2.00 bits per heavy atom. The molecular formula is C10H8NO3P-2. The van der Waals surface area contributed by atoms with Crippen LogP contribution in [0.4, 0.5) is 0 Å². The van der Waals surface area contributed by atoms with Crippen molar-refractivity contribution >= 4 is 18.5 Å². The summed E-state index contributed by atoms with van der Waals surface area (Å²) in [6.45, 7) is 0. The van der Waals surface area contributed by atoms with Gasteiger partial charge in [0.05, 0.1) is 5.52 Å². The highest BCUT2D eigenvalue weighted by molar-refractivity contribution is 7.47. The minimum absolute atomic E-state index is 0.432. The Hall–Kier alpha value is -1.22. The zero-order chi connectivity index (χ0) is 10.9. The summed E-state index contributed by atoms with van der Waals surface area (Å²) >= 11 is 0. The molecule has 0 aliphatic carbocycles. The molecule has 1 aromatic heterocycles. The fraction of sp³-hybridized carbons (Fsp3) is 0.100. The van der Waals surface area contributed by atoms with Crippen LogP contribution in [0, 0.1) is 0 Å². The van der Waals surface area contributed by atoms with Gasteiger partial charge in [-0.25, -0.2) is 0 Å². The molecule has 5 heteroatoms. The lowest BCUT2D eigenvalue weighted by atomic mass is 10.2. The number of para-hydroxylation sites is 1. The van der Waals surface area contributed by atoms with E-state index in [1.807, 2.05) is 24.3 Å². The van der Waals surface area contributed by atoms with Gasteiger partial charge in [-0.1, -0.05) is 25.8 Å². The van der Waals surface area contributed by atoms with Crippen molar-refractivity contribution in [3.8, 4) is 0 Å². The van der Waals surface area contributed by atoms with Crippen LogP contribution in [-0.2, 0) is 10.7 Å². The lowest BCUT2D eigenvalue weighted by Gasteiger charge is -2.29. The smallest absolute Gasteiger partial charge is 0.0702 e. The van der Waals surface area contributed by atoms with Crippen LogP contribution in [0.3, 0.4) is 0 Å². The summed E-state index contributed by atoms with van der Waals surface area (Å²) in [5.41, 5.74) is 1.22. The lowest BCUT2D eigenvalue weighted by Crippen LogP contribution is -2.15. The van der Waals surface area contributed by atoms with Crippen molar-refractivity contribution in [1.29, 1.82) is 0 Å². The fourth-order valence-corrected chi connectivity index (χ4v) is 2.05. The van der Waals surface area contributed by atoms with Crippen LogP contribution in [0.2, 0.25) is 0 Å². The molecule has 0 atom stereocenters. The first kappa shape index (κ1) is 10.3. The monoisotopic (exact) mass is 221 g/mol. The average Bonchev–Trinajstić information content (AvgIpc) is 2.15. The molecule has 15 heavy (non-hydrogen) atoms. The normalized spacial score (nSPS) is 11.9. The summed E-state index contributed by atoms with van der Waals surface area (Å²) in [6.07, 6.45) is 0.940. The van der Waals surface area contributed by atoms with Crippen molar-refractivity contribution in [2.24, 2.45) is 0 Å². The molecule has 0 N–H and O–H groups in total. The molecule has 0 aliphatic heterocycles. The van der Waals surface area contributed by atoms with E-state index in [2.05, 4.69) is 4.98 Å². The molecule has 2 aromatic rings. The number of hydrogen-bond acceptors (Lipinski definition) is 4. The van der Waals surface area contributed by atoms with Gasteiger partial charge in [-0.15, -0.1) is 0 Å². The number of benzene rings is 1. The molecule has 0 radical (unpaired) electrons. The number of pyridine rings is 1. The molecule has 0 amide bonds. The first-order valence-electron chi connectivity index (χ1n) is 4.39. The predicted octanol–water partition coefficient (Wildman–Crippen LogP) is 0.648. The van der Waals surface area contributed by atoms with E-state index in [1.165, 1.54) is 6.20 Å². The second kappa shape index (κ2) is 3.74. The molecule has 0 bridgehead atoms. The average molecular weight is 221 g/mol. The van der Waals surface area contributed by atoms with Gasteiger partial charge in [-0.3, -0.25) is 4.98 Å². The summed E-state index contributed by atoms with van der Waals surface area (Å²) in [6, 6.07) is 9.01. The Balaban J connectivity index is 2.43. The minimum atomic E-state index is -4.51. The second-order valence-electron chi connectivity index (χ2n) is 3.31. The van der Waals surface area contributed by atoms with Crippen LogP contribution in [0.5, 0.6) is 0 Å². The molecule has 0 spiro atoms. The van der Waals surface area contributed by atoms with E-state index in [1.54, 1.807) is 6.07 Å². The van der Waals surface area contributed by atoms with Crippen LogP contribution >= 0.6 is 7.60 Å². The van der Waals surface area contributed by atoms with Gasteiger partial charge in [0.2, 0.25) is 0 Å². The van der Waals surface area contributed by atoms with Gasteiger partial charge in [0.1, 0.15) is 0 Å². The lowest BCUT2D eigenvalue weighted by molar-refractivity contribution is -0.314. The highest BCUT2D eigenvalue weighted by atomic mass is 31.2. The largest absolute Gasteiger partial charge is 0.810 e. The van der Waals surface area contributed by atoms with Gasteiger partial charge in [0.15, 0.2) is 0 Å². The maximum absolute atomic E-state index is 10.6. The van der Waals surface area contributed by atoms with Crippen LogP contribution in [0.25, 0.3) is 10.9 Å². The van der Waals surface area contributed by atoms with Crippen molar-refractivity contribution in [2.45, 2.75) is 6.16 Å². The van der Waals surface area contributed by atoms with Gasteiger partial charge in [0, 0.05) is 17.7 Å². The molecule has 0 unspecified atom stereocenters. The van der Waals surface area contributed by atoms with Crippen molar-refractivity contribution in [3.63, 3.8) is 0 Å². The quantitative estimate of drug-likeness (QED) is 0.697. The maximum atomic E-state index is 10.6. The van der Waals surface area contributed by atoms with E-state index in [0.29, 0.717) is 5.56 Å². The second-order valence-corrected chi connectivity index (χ2v) is 4.84. The van der Waals surface area contributed by atoms with E-state index >= 15 is 0 Å².